The molecule has 0 aromatic carbocycles. The number of carbonyl (C=O) groups excluding carboxylic acids is 2. The van der Waals surface area contributed by atoms with Crippen LogP contribution in [0.1, 0.15) is 68.3 Å². The standard InChI is InChI=1S/C24H35N5O2S/c1-4-5-8-25-24(31)19-15-32-23-18(17-6-7-17)13-20(27-22(19)23)29-11-9-28(10-12-29)14-21(30)26-16(2)3/h13,15-17H,4-12,14H2,1-3H3,(H,25,31)(H,26,30). The summed E-state index contributed by atoms with van der Waals surface area (Å²) in [6.45, 7) is 10.6. The molecule has 2 fully saturated rings. The first-order chi connectivity index (χ1) is 15.5. The van der Waals surface area contributed by atoms with Crippen molar-refractivity contribution in [2.24, 2.45) is 0 Å². The van der Waals surface area contributed by atoms with E-state index in [1.165, 1.54) is 23.1 Å². The van der Waals surface area contributed by atoms with E-state index in [0.29, 0.717) is 24.6 Å². The molecule has 2 aromatic rings. The van der Waals surface area contributed by atoms with Gasteiger partial charge in [-0.1, -0.05) is 13.3 Å². The van der Waals surface area contributed by atoms with Gasteiger partial charge in [-0.3, -0.25) is 14.5 Å². The van der Waals surface area contributed by atoms with Crippen LogP contribution >= 0.6 is 11.3 Å². The monoisotopic (exact) mass is 457 g/mol. The first-order valence-corrected chi connectivity index (χ1v) is 12.8. The minimum absolute atomic E-state index is 0.0166. The Morgan fingerprint density at radius 3 is 2.62 bits per heavy atom. The highest BCUT2D eigenvalue weighted by molar-refractivity contribution is 7.17. The number of nitrogens with zero attached hydrogens (tertiary/aromatic N) is 3. The SMILES string of the molecule is CCCCNC(=O)c1csc2c(C3CC3)cc(N3CCN(CC(=O)NC(C)C)CC3)nc12. The third kappa shape index (κ3) is 5.41. The van der Waals surface area contributed by atoms with Crippen molar-refractivity contribution in [1.82, 2.24) is 20.5 Å². The predicted molar refractivity (Wildman–Crippen MR) is 131 cm³/mol. The van der Waals surface area contributed by atoms with Gasteiger partial charge in [0.25, 0.3) is 5.91 Å². The second-order valence-corrected chi connectivity index (χ2v) is 10.1. The van der Waals surface area contributed by atoms with Crippen molar-refractivity contribution in [3.63, 3.8) is 0 Å². The maximum atomic E-state index is 12.8. The maximum absolute atomic E-state index is 12.8. The minimum atomic E-state index is -0.0166. The Morgan fingerprint density at radius 2 is 1.97 bits per heavy atom. The fraction of sp³-hybridized carbons (Fsp3) is 0.625. The second-order valence-electron chi connectivity index (χ2n) is 9.27. The summed E-state index contributed by atoms with van der Waals surface area (Å²) in [5.41, 5.74) is 2.90. The lowest BCUT2D eigenvalue weighted by atomic mass is 10.1. The largest absolute Gasteiger partial charge is 0.354 e. The van der Waals surface area contributed by atoms with E-state index in [9.17, 15) is 9.59 Å². The number of thiophene rings is 1. The molecular formula is C24H35N5O2S. The average molecular weight is 458 g/mol. The topological polar surface area (TPSA) is 77.6 Å². The molecule has 1 aliphatic heterocycles. The van der Waals surface area contributed by atoms with Gasteiger partial charge in [0, 0.05) is 44.1 Å². The molecule has 1 saturated carbocycles. The van der Waals surface area contributed by atoms with Gasteiger partial charge in [-0.25, -0.2) is 4.98 Å². The number of hydrogen-bond donors (Lipinski definition) is 2. The number of pyridine rings is 1. The highest BCUT2D eigenvalue weighted by Gasteiger charge is 2.30. The zero-order chi connectivity index (χ0) is 22.7. The van der Waals surface area contributed by atoms with Crippen molar-refractivity contribution in [1.29, 1.82) is 0 Å². The van der Waals surface area contributed by atoms with Gasteiger partial charge in [0.1, 0.15) is 5.82 Å². The third-order valence-corrected chi connectivity index (χ3v) is 7.15. The summed E-state index contributed by atoms with van der Waals surface area (Å²) < 4.78 is 1.17. The van der Waals surface area contributed by atoms with E-state index in [4.69, 9.17) is 4.98 Å². The molecule has 1 saturated heterocycles. The summed E-state index contributed by atoms with van der Waals surface area (Å²) in [6, 6.07) is 2.41. The van der Waals surface area contributed by atoms with E-state index in [1.54, 1.807) is 11.3 Å². The molecule has 0 unspecified atom stereocenters. The average Bonchev–Trinajstić information content (AvgIpc) is 3.51. The van der Waals surface area contributed by atoms with E-state index in [2.05, 4.69) is 33.4 Å². The van der Waals surface area contributed by atoms with Gasteiger partial charge in [-0.05, 0) is 50.7 Å². The van der Waals surface area contributed by atoms with Gasteiger partial charge in [0.05, 0.1) is 22.3 Å². The summed E-state index contributed by atoms with van der Waals surface area (Å²) in [5, 5.41) is 7.99. The quantitative estimate of drug-likeness (QED) is 0.565. The number of rotatable bonds is 9. The van der Waals surface area contributed by atoms with Gasteiger partial charge in [-0.15, -0.1) is 11.3 Å². The van der Waals surface area contributed by atoms with Crippen LogP contribution in [-0.4, -0.2) is 67.0 Å². The summed E-state index contributed by atoms with van der Waals surface area (Å²) in [5.74, 6) is 1.62. The predicted octanol–water partition coefficient (Wildman–Crippen LogP) is 3.35. The highest BCUT2D eigenvalue weighted by atomic mass is 32.1. The van der Waals surface area contributed by atoms with Gasteiger partial charge < -0.3 is 15.5 Å². The Bertz CT molecular complexity index is 961. The van der Waals surface area contributed by atoms with Crippen LogP contribution in [0.15, 0.2) is 11.4 Å². The molecule has 8 heteroatoms. The Morgan fingerprint density at radius 1 is 1.22 bits per heavy atom. The van der Waals surface area contributed by atoms with Crippen LogP contribution in [0.4, 0.5) is 5.82 Å². The van der Waals surface area contributed by atoms with E-state index in [1.807, 2.05) is 19.2 Å². The number of fused-ring (bicyclic) bond motifs is 1. The van der Waals surface area contributed by atoms with Gasteiger partial charge in [-0.2, -0.15) is 0 Å². The maximum Gasteiger partial charge on any atom is 0.254 e. The molecular weight excluding hydrogens is 422 g/mol. The first-order valence-electron chi connectivity index (χ1n) is 11.9. The molecule has 2 N–H and O–H groups in total. The van der Waals surface area contributed by atoms with E-state index < -0.39 is 0 Å². The zero-order valence-corrected chi connectivity index (χ0v) is 20.3. The number of amides is 2. The number of piperazine rings is 1. The number of unbranched alkanes of at least 4 members (excludes halogenated alkanes) is 1. The number of carbonyl (C=O) groups is 2. The number of aromatic nitrogens is 1. The highest BCUT2D eigenvalue weighted by Crippen LogP contribution is 2.46. The Labute approximate surface area is 194 Å². The molecule has 2 aliphatic rings. The summed E-state index contributed by atoms with van der Waals surface area (Å²) in [6.07, 6.45) is 4.48. The normalized spacial score (nSPS) is 17.2. The van der Waals surface area contributed by atoms with Crippen LogP contribution < -0.4 is 15.5 Å². The summed E-state index contributed by atoms with van der Waals surface area (Å²) >= 11 is 1.65. The van der Waals surface area contributed by atoms with E-state index in [0.717, 1.165) is 50.4 Å². The van der Waals surface area contributed by atoms with Crippen molar-refractivity contribution in [2.75, 3.05) is 44.2 Å². The van der Waals surface area contributed by atoms with Crippen molar-refractivity contribution in [3.05, 3.63) is 22.6 Å². The smallest absolute Gasteiger partial charge is 0.254 e. The van der Waals surface area contributed by atoms with E-state index >= 15 is 0 Å². The number of anilines is 1. The Hall–Kier alpha value is -2.19. The van der Waals surface area contributed by atoms with Crippen LogP contribution in [0.25, 0.3) is 10.2 Å². The number of nitrogens with one attached hydrogen (secondary N) is 2. The molecule has 0 spiro atoms. The molecule has 0 atom stereocenters. The van der Waals surface area contributed by atoms with Crippen molar-refractivity contribution in [2.45, 2.75) is 58.4 Å². The van der Waals surface area contributed by atoms with E-state index in [-0.39, 0.29) is 17.9 Å². The fourth-order valence-electron chi connectivity index (χ4n) is 4.22. The molecule has 7 nitrogen and oxygen atoms in total. The Kier molecular flexibility index (Phi) is 7.30. The first kappa shape index (κ1) is 23.0. The lowest BCUT2D eigenvalue weighted by Gasteiger charge is -2.35. The summed E-state index contributed by atoms with van der Waals surface area (Å²) in [7, 11) is 0. The zero-order valence-electron chi connectivity index (χ0n) is 19.4. The summed E-state index contributed by atoms with van der Waals surface area (Å²) in [4.78, 5) is 34.4. The molecule has 32 heavy (non-hydrogen) atoms. The van der Waals surface area contributed by atoms with Crippen LogP contribution in [-0.2, 0) is 4.79 Å². The molecule has 2 aromatic heterocycles. The third-order valence-electron chi connectivity index (χ3n) is 6.13. The van der Waals surface area contributed by atoms with Crippen molar-refractivity contribution < 1.29 is 9.59 Å². The van der Waals surface area contributed by atoms with Crippen LogP contribution in [0.2, 0.25) is 0 Å². The Balaban J connectivity index is 1.50. The van der Waals surface area contributed by atoms with Crippen LogP contribution in [0.3, 0.4) is 0 Å². The van der Waals surface area contributed by atoms with Crippen LogP contribution in [0.5, 0.6) is 0 Å². The van der Waals surface area contributed by atoms with Gasteiger partial charge in [0.2, 0.25) is 5.91 Å². The number of hydrogen-bond acceptors (Lipinski definition) is 6. The second kappa shape index (κ2) is 10.2. The molecule has 1 aliphatic carbocycles. The van der Waals surface area contributed by atoms with Gasteiger partial charge >= 0.3 is 0 Å². The van der Waals surface area contributed by atoms with Crippen molar-refractivity contribution in [3.8, 4) is 0 Å². The van der Waals surface area contributed by atoms with Crippen molar-refractivity contribution >= 4 is 39.2 Å². The molecule has 3 heterocycles. The minimum Gasteiger partial charge on any atom is -0.354 e. The fourth-order valence-corrected chi connectivity index (χ4v) is 5.30. The van der Waals surface area contributed by atoms with Gasteiger partial charge in [0.15, 0.2) is 0 Å². The molecule has 4 rings (SSSR count). The molecule has 0 radical (unpaired) electrons. The molecule has 174 valence electrons. The molecule has 0 bridgehead atoms. The lowest BCUT2D eigenvalue weighted by Crippen LogP contribution is -2.50. The van der Waals surface area contributed by atoms with Crippen LogP contribution in [0, 0.1) is 0 Å². The molecule has 2 amide bonds. The lowest BCUT2D eigenvalue weighted by molar-refractivity contribution is -0.122.